The van der Waals surface area contributed by atoms with E-state index in [0.29, 0.717) is 13.2 Å². The van der Waals surface area contributed by atoms with Crippen molar-refractivity contribution < 1.29 is 9.84 Å². The summed E-state index contributed by atoms with van der Waals surface area (Å²) in [6.45, 7) is 8.71. The van der Waals surface area contributed by atoms with Gasteiger partial charge < -0.3 is 9.84 Å². The first-order valence-electron chi connectivity index (χ1n) is 7.51. The molecule has 0 spiro atoms. The molecule has 0 saturated carbocycles. The molecule has 0 radical (unpaired) electrons. The molecule has 2 heterocycles. The Bertz CT molecular complexity index is 232. The minimum absolute atomic E-state index is 0.329. The third-order valence-electron chi connectivity index (χ3n) is 4.14. The highest BCUT2D eigenvalue weighted by molar-refractivity contribution is 4.85. The van der Waals surface area contributed by atoms with E-state index in [9.17, 15) is 5.11 Å². The van der Waals surface area contributed by atoms with Crippen molar-refractivity contribution in [3.63, 3.8) is 0 Å². The monoisotopic (exact) mass is 256 g/mol. The predicted octanol–water partition coefficient (Wildman–Crippen LogP) is 0.944. The highest BCUT2D eigenvalue weighted by Gasteiger charge is 2.29. The van der Waals surface area contributed by atoms with Gasteiger partial charge in [0.05, 0.1) is 12.7 Å². The van der Waals surface area contributed by atoms with Crippen LogP contribution in [0.4, 0.5) is 0 Å². The maximum atomic E-state index is 9.86. The van der Waals surface area contributed by atoms with Gasteiger partial charge in [-0.05, 0) is 45.8 Å². The topological polar surface area (TPSA) is 35.9 Å². The molecular weight excluding hydrogens is 228 g/mol. The second-order valence-corrected chi connectivity index (χ2v) is 5.61. The third-order valence-corrected chi connectivity index (χ3v) is 4.14. The first kappa shape index (κ1) is 14.3. The molecule has 0 aromatic carbocycles. The summed E-state index contributed by atoms with van der Waals surface area (Å²) in [5, 5.41) is 9.86. The standard InChI is InChI=1S/C14H28N2O2/c1-2-18-12-14(17)11-15-9-6-13(10-15)16-7-4-3-5-8-16/h13-14,17H,2-12H2,1H3. The summed E-state index contributed by atoms with van der Waals surface area (Å²) in [4.78, 5) is 5.04. The van der Waals surface area contributed by atoms with Crippen LogP contribution >= 0.6 is 0 Å². The van der Waals surface area contributed by atoms with Crippen molar-refractivity contribution in [3.8, 4) is 0 Å². The maximum absolute atomic E-state index is 9.86. The Balaban J connectivity index is 1.67. The molecular formula is C14H28N2O2. The van der Waals surface area contributed by atoms with E-state index < -0.39 is 0 Å². The van der Waals surface area contributed by atoms with Crippen LogP contribution in [0.25, 0.3) is 0 Å². The van der Waals surface area contributed by atoms with Crippen molar-refractivity contribution in [3.05, 3.63) is 0 Å². The van der Waals surface area contributed by atoms with E-state index in [0.717, 1.165) is 25.7 Å². The number of β-amino-alcohol motifs (C(OH)–C–C–N with tert-alkyl or cyclic N) is 1. The smallest absolute Gasteiger partial charge is 0.0900 e. The van der Waals surface area contributed by atoms with Crippen molar-refractivity contribution in [2.75, 3.05) is 45.9 Å². The fourth-order valence-corrected chi connectivity index (χ4v) is 3.16. The van der Waals surface area contributed by atoms with E-state index in [-0.39, 0.29) is 6.10 Å². The van der Waals surface area contributed by atoms with Crippen LogP contribution in [0.3, 0.4) is 0 Å². The summed E-state index contributed by atoms with van der Waals surface area (Å²) in [6, 6.07) is 0.726. The Labute approximate surface area is 111 Å². The van der Waals surface area contributed by atoms with Crippen LogP contribution in [-0.4, -0.2) is 73.0 Å². The molecule has 2 aliphatic heterocycles. The lowest BCUT2D eigenvalue weighted by Crippen LogP contribution is -2.42. The van der Waals surface area contributed by atoms with Crippen LogP contribution in [0, 0.1) is 0 Å². The Morgan fingerprint density at radius 2 is 2.00 bits per heavy atom. The Hall–Kier alpha value is -0.160. The van der Waals surface area contributed by atoms with Crippen LogP contribution in [-0.2, 0) is 4.74 Å². The van der Waals surface area contributed by atoms with Crippen molar-refractivity contribution in [1.29, 1.82) is 0 Å². The molecule has 106 valence electrons. The molecule has 0 amide bonds. The molecule has 1 N–H and O–H groups in total. The van der Waals surface area contributed by atoms with Crippen molar-refractivity contribution in [2.24, 2.45) is 0 Å². The zero-order valence-electron chi connectivity index (χ0n) is 11.7. The summed E-state index contributed by atoms with van der Waals surface area (Å²) in [7, 11) is 0. The van der Waals surface area contributed by atoms with Gasteiger partial charge in [-0.1, -0.05) is 6.42 Å². The molecule has 2 fully saturated rings. The van der Waals surface area contributed by atoms with Crippen LogP contribution in [0.5, 0.6) is 0 Å². The lowest BCUT2D eigenvalue weighted by molar-refractivity contribution is 0.0237. The van der Waals surface area contributed by atoms with Gasteiger partial charge in [-0.2, -0.15) is 0 Å². The number of aliphatic hydroxyl groups is 1. The van der Waals surface area contributed by atoms with Gasteiger partial charge >= 0.3 is 0 Å². The molecule has 2 unspecified atom stereocenters. The van der Waals surface area contributed by atoms with Crippen molar-refractivity contribution in [1.82, 2.24) is 9.80 Å². The second kappa shape index (κ2) is 7.43. The average molecular weight is 256 g/mol. The van der Waals surface area contributed by atoms with Crippen LogP contribution in [0.2, 0.25) is 0 Å². The largest absolute Gasteiger partial charge is 0.389 e. The minimum atomic E-state index is -0.329. The van der Waals surface area contributed by atoms with Gasteiger partial charge in [-0.15, -0.1) is 0 Å². The van der Waals surface area contributed by atoms with Gasteiger partial charge in [0, 0.05) is 25.7 Å². The summed E-state index contributed by atoms with van der Waals surface area (Å²) in [6.07, 6.45) is 5.07. The highest BCUT2D eigenvalue weighted by Crippen LogP contribution is 2.20. The maximum Gasteiger partial charge on any atom is 0.0900 e. The fourth-order valence-electron chi connectivity index (χ4n) is 3.16. The van der Waals surface area contributed by atoms with E-state index in [4.69, 9.17) is 4.74 Å². The van der Waals surface area contributed by atoms with Crippen LogP contribution in [0.1, 0.15) is 32.6 Å². The van der Waals surface area contributed by atoms with E-state index in [1.54, 1.807) is 0 Å². The number of hydrogen-bond donors (Lipinski definition) is 1. The molecule has 2 aliphatic rings. The molecule has 4 nitrogen and oxygen atoms in total. The molecule has 2 atom stereocenters. The molecule has 0 aromatic rings. The number of aliphatic hydroxyl groups excluding tert-OH is 1. The van der Waals surface area contributed by atoms with E-state index in [1.807, 2.05) is 6.92 Å². The lowest BCUT2D eigenvalue weighted by Gasteiger charge is -2.32. The molecule has 18 heavy (non-hydrogen) atoms. The lowest BCUT2D eigenvalue weighted by atomic mass is 10.1. The van der Waals surface area contributed by atoms with Gasteiger partial charge in [0.25, 0.3) is 0 Å². The third kappa shape index (κ3) is 4.19. The summed E-state index contributed by atoms with van der Waals surface area (Å²) < 4.78 is 5.26. The number of rotatable bonds is 6. The molecule has 4 heteroatoms. The zero-order chi connectivity index (χ0) is 12.8. The SMILES string of the molecule is CCOCC(O)CN1CCC(N2CCCCC2)C1. The number of likely N-dealkylation sites (tertiary alicyclic amines) is 2. The quantitative estimate of drug-likeness (QED) is 0.767. The molecule has 2 saturated heterocycles. The van der Waals surface area contributed by atoms with Crippen LogP contribution in [0.15, 0.2) is 0 Å². The molecule has 0 aliphatic carbocycles. The highest BCUT2D eigenvalue weighted by atomic mass is 16.5. The summed E-state index contributed by atoms with van der Waals surface area (Å²) >= 11 is 0. The Morgan fingerprint density at radius 3 is 2.72 bits per heavy atom. The van der Waals surface area contributed by atoms with Crippen molar-refractivity contribution >= 4 is 0 Å². The first-order valence-corrected chi connectivity index (χ1v) is 7.51. The predicted molar refractivity (Wildman–Crippen MR) is 72.8 cm³/mol. The van der Waals surface area contributed by atoms with Gasteiger partial charge in [0.1, 0.15) is 0 Å². The number of hydrogen-bond acceptors (Lipinski definition) is 4. The molecule has 0 bridgehead atoms. The van der Waals surface area contributed by atoms with Gasteiger partial charge in [-0.3, -0.25) is 9.80 Å². The Kier molecular flexibility index (Phi) is 5.89. The molecule has 2 rings (SSSR count). The second-order valence-electron chi connectivity index (χ2n) is 5.61. The van der Waals surface area contributed by atoms with E-state index >= 15 is 0 Å². The van der Waals surface area contributed by atoms with Crippen LogP contribution < -0.4 is 0 Å². The van der Waals surface area contributed by atoms with Crippen molar-refractivity contribution in [2.45, 2.75) is 44.8 Å². The van der Waals surface area contributed by atoms with E-state index in [2.05, 4.69) is 9.80 Å². The van der Waals surface area contributed by atoms with Gasteiger partial charge in [0.2, 0.25) is 0 Å². The molecule has 0 aromatic heterocycles. The van der Waals surface area contributed by atoms with Gasteiger partial charge in [-0.25, -0.2) is 0 Å². The number of ether oxygens (including phenoxy) is 1. The number of piperidine rings is 1. The minimum Gasteiger partial charge on any atom is -0.389 e. The number of nitrogens with zero attached hydrogens (tertiary/aromatic N) is 2. The average Bonchev–Trinajstić information content (AvgIpc) is 2.86. The Morgan fingerprint density at radius 1 is 1.22 bits per heavy atom. The fraction of sp³-hybridized carbons (Fsp3) is 1.00. The van der Waals surface area contributed by atoms with E-state index in [1.165, 1.54) is 38.8 Å². The summed E-state index contributed by atoms with van der Waals surface area (Å²) in [5.74, 6) is 0. The normalized spacial score (nSPS) is 28.7. The first-order chi connectivity index (χ1) is 8.79. The van der Waals surface area contributed by atoms with Gasteiger partial charge in [0.15, 0.2) is 0 Å². The summed E-state index contributed by atoms with van der Waals surface area (Å²) in [5.41, 5.74) is 0. The zero-order valence-corrected chi connectivity index (χ0v) is 11.7.